The first-order valence-corrected chi connectivity index (χ1v) is 6.58. The van der Waals surface area contributed by atoms with Crippen molar-refractivity contribution in [3.63, 3.8) is 0 Å². The van der Waals surface area contributed by atoms with Gasteiger partial charge in [-0.25, -0.2) is 0 Å². The first kappa shape index (κ1) is 12.5. The third kappa shape index (κ3) is 2.42. The van der Waals surface area contributed by atoms with E-state index in [1.54, 1.807) is 6.20 Å². The van der Waals surface area contributed by atoms with Crippen molar-refractivity contribution in [2.24, 2.45) is 7.05 Å². The number of nitrogens with one attached hydrogen (secondary N) is 1. The molecule has 102 valence electrons. The fourth-order valence-electron chi connectivity index (χ4n) is 2.30. The molecule has 0 spiro atoms. The summed E-state index contributed by atoms with van der Waals surface area (Å²) in [6.45, 7) is 0.847. The Hall–Kier alpha value is -2.56. The largest absolute Gasteiger partial charge is 0.397 e. The van der Waals surface area contributed by atoms with Gasteiger partial charge in [0.05, 0.1) is 17.4 Å². The number of anilines is 2. The molecule has 0 bridgehead atoms. The number of para-hydroxylation sites is 1. The Morgan fingerprint density at radius 1 is 1.30 bits per heavy atom. The van der Waals surface area contributed by atoms with Crippen molar-refractivity contribution in [2.75, 3.05) is 17.6 Å². The summed E-state index contributed by atoms with van der Waals surface area (Å²) in [6.07, 6.45) is 6.64. The molecular formula is C15H17N5. The van der Waals surface area contributed by atoms with Gasteiger partial charge < -0.3 is 11.1 Å². The van der Waals surface area contributed by atoms with Crippen molar-refractivity contribution in [1.82, 2.24) is 14.8 Å². The van der Waals surface area contributed by atoms with E-state index in [2.05, 4.69) is 15.4 Å². The SMILES string of the molecule is Cn1cc(CCNc2ccnc3c(N)cccc23)cn1. The molecule has 20 heavy (non-hydrogen) atoms. The van der Waals surface area contributed by atoms with Crippen LogP contribution in [0, 0.1) is 0 Å². The molecule has 0 aliphatic heterocycles. The van der Waals surface area contributed by atoms with Crippen LogP contribution in [-0.4, -0.2) is 21.3 Å². The van der Waals surface area contributed by atoms with Crippen molar-refractivity contribution in [2.45, 2.75) is 6.42 Å². The topological polar surface area (TPSA) is 68.8 Å². The van der Waals surface area contributed by atoms with Crippen molar-refractivity contribution >= 4 is 22.3 Å². The van der Waals surface area contributed by atoms with Gasteiger partial charge in [0.1, 0.15) is 0 Å². The van der Waals surface area contributed by atoms with Gasteiger partial charge in [-0.1, -0.05) is 12.1 Å². The minimum atomic E-state index is 0.707. The number of rotatable bonds is 4. The van der Waals surface area contributed by atoms with Crippen LogP contribution in [0.3, 0.4) is 0 Å². The zero-order chi connectivity index (χ0) is 13.9. The highest BCUT2D eigenvalue weighted by Crippen LogP contribution is 2.25. The molecule has 5 heteroatoms. The van der Waals surface area contributed by atoms with Gasteiger partial charge in [0, 0.05) is 37.1 Å². The Kier molecular flexibility index (Phi) is 3.25. The van der Waals surface area contributed by atoms with Gasteiger partial charge in [0.15, 0.2) is 0 Å². The van der Waals surface area contributed by atoms with Crippen LogP contribution in [0.5, 0.6) is 0 Å². The Morgan fingerprint density at radius 2 is 2.20 bits per heavy atom. The summed E-state index contributed by atoms with van der Waals surface area (Å²) in [5.41, 5.74) is 9.78. The molecule has 0 aliphatic rings. The third-order valence-electron chi connectivity index (χ3n) is 3.29. The number of aryl methyl sites for hydroxylation is 1. The van der Waals surface area contributed by atoms with Crippen molar-refractivity contribution in [3.8, 4) is 0 Å². The van der Waals surface area contributed by atoms with E-state index >= 15 is 0 Å². The molecule has 3 N–H and O–H groups in total. The number of aromatic nitrogens is 3. The molecule has 0 amide bonds. The minimum Gasteiger partial charge on any atom is -0.397 e. The Bertz CT molecular complexity index is 732. The number of fused-ring (bicyclic) bond motifs is 1. The fourth-order valence-corrected chi connectivity index (χ4v) is 2.30. The number of hydrogen-bond donors (Lipinski definition) is 2. The van der Waals surface area contributed by atoms with E-state index in [4.69, 9.17) is 5.73 Å². The van der Waals surface area contributed by atoms with E-state index in [1.807, 2.05) is 48.4 Å². The van der Waals surface area contributed by atoms with E-state index in [-0.39, 0.29) is 0 Å². The number of nitrogens with two attached hydrogens (primary N) is 1. The smallest absolute Gasteiger partial charge is 0.0951 e. The maximum atomic E-state index is 5.95. The molecule has 0 aliphatic carbocycles. The molecule has 3 rings (SSSR count). The van der Waals surface area contributed by atoms with Gasteiger partial charge in [-0.3, -0.25) is 9.67 Å². The van der Waals surface area contributed by atoms with Gasteiger partial charge in [-0.2, -0.15) is 5.10 Å². The lowest BCUT2D eigenvalue weighted by Crippen LogP contribution is -2.05. The van der Waals surface area contributed by atoms with Gasteiger partial charge in [0.25, 0.3) is 0 Å². The lowest BCUT2D eigenvalue weighted by molar-refractivity contribution is 0.767. The van der Waals surface area contributed by atoms with Crippen LogP contribution in [0.4, 0.5) is 11.4 Å². The van der Waals surface area contributed by atoms with Gasteiger partial charge in [0.2, 0.25) is 0 Å². The van der Waals surface area contributed by atoms with Crippen molar-refractivity contribution in [3.05, 3.63) is 48.4 Å². The highest BCUT2D eigenvalue weighted by atomic mass is 15.2. The summed E-state index contributed by atoms with van der Waals surface area (Å²) in [5.74, 6) is 0. The van der Waals surface area contributed by atoms with Crippen molar-refractivity contribution < 1.29 is 0 Å². The average Bonchev–Trinajstić information content (AvgIpc) is 2.86. The monoisotopic (exact) mass is 267 g/mol. The normalized spacial score (nSPS) is 10.8. The molecule has 5 nitrogen and oxygen atoms in total. The number of pyridine rings is 1. The Labute approximate surface area is 117 Å². The highest BCUT2D eigenvalue weighted by molar-refractivity contribution is 5.97. The van der Waals surface area contributed by atoms with E-state index in [9.17, 15) is 0 Å². The summed E-state index contributed by atoms with van der Waals surface area (Å²) in [4.78, 5) is 4.33. The van der Waals surface area contributed by atoms with Gasteiger partial charge in [-0.05, 0) is 24.1 Å². The second-order valence-corrected chi connectivity index (χ2v) is 4.80. The van der Waals surface area contributed by atoms with Gasteiger partial charge in [-0.15, -0.1) is 0 Å². The molecule has 3 aromatic rings. The maximum Gasteiger partial charge on any atom is 0.0951 e. The zero-order valence-electron chi connectivity index (χ0n) is 11.4. The summed E-state index contributed by atoms with van der Waals surface area (Å²) >= 11 is 0. The standard InChI is InChI=1S/C15H17N5/c1-20-10-11(9-19-20)5-7-17-14-6-8-18-15-12(14)3-2-4-13(15)16/h2-4,6,8-10H,5,7,16H2,1H3,(H,17,18). The number of nitrogen functional groups attached to an aromatic ring is 1. The molecular weight excluding hydrogens is 250 g/mol. The highest BCUT2D eigenvalue weighted by Gasteiger charge is 2.04. The molecule has 0 saturated carbocycles. The van der Waals surface area contributed by atoms with E-state index in [0.29, 0.717) is 5.69 Å². The second-order valence-electron chi connectivity index (χ2n) is 4.80. The van der Waals surface area contributed by atoms with E-state index in [0.717, 1.165) is 29.6 Å². The predicted octanol–water partition coefficient (Wildman–Crippen LogP) is 2.21. The zero-order valence-corrected chi connectivity index (χ0v) is 11.4. The van der Waals surface area contributed by atoms with E-state index < -0.39 is 0 Å². The first-order valence-electron chi connectivity index (χ1n) is 6.58. The molecule has 0 fully saturated rings. The van der Waals surface area contributed by atoms with E-state index in [1.165, 1.54) is 5.56 Å². The van der Waals surface area contributed by atoms with Crippen LogP contribution in [0.25, 0.3) is 10.9 Å². The van der Waals surface area contributed by atoms with Crippen LogP contribution in [0.1, 0.15) is 5.56 Å². The van der Waals surface area contributed by atoms with Crippen LogP contribution >= 0.6 is 0 Å². The van der Waals surface area contributed by atoms with Crippen LogP contribution in [-0.2, 0) is 13.5 Å². The fraction of sp³-hybridized carbons (Fsp3) is 0.200. The van der Waals surface area contributed by atoms with Gasteiger partial charge >= 0.3 is 0 Å². The number of benzene rings is 1. The minimum absolute atomic E-state index is 0.707. The van der Waals surface area contributed by atoms with Crippen molar-refractivity contribution in [1.29, 1.82) is 0 Å². The first-order chi connectivity index (χ1) is 9.74. The molecule has 0 saturated heterocycles. The molecule has 2 heterocycles. The molecule has 2 aromatic heterocycles. The molecule has 0 atom stereocenters. The summed E-state index contributed by atoms with van der Waals surface area (Å²) in [7, 11) is 1.93. The average molecular weight is 267 g/mol. The number of hydrogen-bond acceptors (Lipinski definition) is 4. The van der Waals surface area contributed by atoms with Crippen LogP contribution in [0.2, 0.25) is 0 Å². The third-order valence-corrected chi connectivity index (χ3v) is 3.29. The summed E-state index contributed by atoms with van der Waals surface area (Å²) < 4.78 is 1.82. The Morgan fingerprint density at radius 3 is 3.00 bits per heavy atom. The van der Waals surface area contributed by atoms with Crippen LogP contribution in [0.15, 0.2) is 42.9 Å². The maximum absolute atomic E-state index is 5.95. The van der Waals surface area contributed by atoms with Crippen LogP contribution < -0.4 is 11.1 Å². The quantitative estimate of drug-likeness (QED) is 0.711. The summed E-state index contributed by atoms with van der Waals surface area (Å²) in [5, 5.41) is 8.66. The molecule has 0 unspecified atom stereocenters. The summed E-state index contributed by atoms with van der Waals surface area (Å²) in [6, 6.07) is 7.83. The lowest BCUT2D eigenvalue weighted by atomic mass is 10.1. The predicted molar refractivity (Wildman–Crippen MR) is 81.6 cm³/mol. The molecule has 1 aromatic carbocycles. The Balaban J connectivity index is 1.76. The molecule has 0 radical (unpaired) electrons. The lowest BCUT2D eigenvalue weighted by Gasteiger charge is -2.09. The number of nitrogens with zero attached hydrogens (tertiary/aromatic N) is 3. The second kappa shape index (κ2) is 5.21.